The maximum atomic E-state index is 14.3. The predicted octanol–water partition coefficient (Wildman–Crippen LogP) is 3.26. The Kier molecular flexibility index (Phi) is 9.17. The summed E-state index contributed by atoms with van der Waals surface area (Å²) in [7, 11) is 1.33. The minimum Gasteiger partial charge on any atom is -0.394 e. The van der Waals surface area contributed by atoms with Crippen molar-refractivity contribution in [3.8, 4) is 17.3 Å². The van der Waals surface area contributed by atoms with E-state index >= 15 is 0 Å². The average Bonchev–Trinajstić information content (AvgIpc) is 3.46. The SMILES string of the molecule is CO[C@@H]1[C@@H](n2cc(-c3cc(F)c(Cl)c(Cl)c3)nn2)[C@@H](O)[C@@H](CO)O[C@H]1C(=O)N(c1cc(Br)cc(C#N)c1)[C@H]1CC[C@@H]1O. The van der Waals surface area contributed by atoms with Crippen molar-refractivity contribution in [3.05, 3.63) is 62.4 Å². The molecule has 1 aliphatic carbocycles. The predicted molar refractivity (Wildman–Crippen MR) is 152 cm³/mol. The van der Waals surface area contributed by atoms with Crippen molar-refractivity contribution in [2.75, 3.05) is 18.6 Å². The third kappa shape index (κ3) is 5.66. The first-order chi connectivity index (χ1) is 20.1. The summed E-state index contributed by atoms with van der Waals surface area (Å²) in [5, 5.41) is 49.2. The second kappa shape index (κ2) is 12.5. The van der Waals surface area contributed by atoms with Crippen molar-refractivity contribution in [1.29, 1.82) is 5.26 Å². The number of nitriles is 1. The molecule has 0 spiro atoms. The Morgan fingerprint density at radius 2 is 2.05 bits per heavy atom. The molecule has 3 N–H and O–H groups in total. The second-order valence-corrected chi connectivity index (χ2v) is 11.7. The van der Waals surface area contributed by atoms with E-state index in [1.165, 1.54) is 35.0 Å². The van der Waals surface area contributed by atoms with Crippen LogP contribution in [0.25, 0.3) is 11.3 Å². The molecule has 2 heterocycles. The zero-order chi connectivity index (χ0) is 30.3. The quantitative estimate of drug-likeness (QED) is 0.318. The molecule has 5 rings (SSSR count). The highest BCUT2D eigenvalue weighted by Gasteiger charge is 2.52. The van der Waals surface area contributed by atoms with E-state index in [4.69, 9.17) is 32.7 Å². The number of carbonyl (C=O) groups excluding carboxylic acids is 1. The lowest BCUT2D eigenvalue weighted by atomic mass is 9.85. The molecule has 7 atom stereocenters. The van der Waals surface area contributed by atoms with Gasteiger partial charge in [-0.1, -0.05) is 44.3 Å². The van der Waals surface area contributed by atoms with Crippen LogP contribution in [0.1, 0.15) is 24.4 Å². The third-order valence-corrected chi connectivity index (χ3v) is 8.78. The molecular formula is C27H25BrCl2FN5O6. The lowest BCUT2D eigenvalue weighted by Crippen LogP contribution is -2.64. The first-order valence-corrected chi connectivity index (χ1v) is 14.4. The molecule has 1 saturated heterocycles. The molecular weight excluding hydrogens is 660 g/mol. The number of aliphatic hydroxyl groups is 3. The first kappa shape index (κ1) is 30.8. The van der Waals surface area contributed by atoms with E-state index < -0.39 is 60.9 Å². The van der Waals surface area contributed by atoms with Crippen LogP contribution in [-0.2, 0) is 14.3 Å². The summed E-state index contributed by atoms with van der Waals surface area (Å²) in [4.78, 5) is 15.6. The van der Waals surface area contributed by atoms with E-state index in [1.807, 2.05) is 0 Å². The molecule has 11 nitrogen and oxygen atoms in total. The van der Waals surface area contributed by atoms with Crippen molar-refractivity contribution in [2.45, 2.75) is 55.4 Å². The van der Waals surface area contributed by atoms with Gasteiger partial charge in [0.05, 0.1) is 46.6 Å². The van der Waals surface area contributed by atoms with Gasteiger partial charge in [0.25, 0.3) is 5.91 Å². The molecule has 1 aliphatic heterocycles. The number of hydrogen-bond donors (Lipinski definition) is 3. The molecule has 222 valence electrons. The van der Waals surface area contributed by atoms with E-state index in [1.54, 1.807) is 12.1 Å². The molecule has 0 unspecified atom stereocenters. The van der Waals surface area contributed by atoms with Crippen LogP contribution in [-0.4, -0.2) is 86.5 Å². The van der Waals surface area contributed by atoms with E-state index in [0.717, 1.165) is 6.07 Å². The van der Waals surface area contributed by atoms with Gasteiger partial charge in [-0.25, -0.2) is 9.07 Å². The van der Waals surface area contributed by atoms with Gasteiger partial charge in [-0.3, -0.25) is 4.79 Å². The largest absolute Gasteiger partial charge is 0.394 e. The van der Waals surface area contributed by atoms with Gasteiger partial charge >= 0.3 is 0 Å². The molecule has 1 aromatic heterocycles. The molecule has 15 heteroatoms. The number of rotatable bonds is 7. The summed E-state index contributed by atoms with van der Waals surface area (Å²) in [5.74, 6) is -1.37. The molecule has 0 radical (unpaired) electrons. The van der Waals surface area contributed by atoms with Crippen LogP contribution in [0.4, 0.5) is 10.1 Å². The van der Waals surface area contributed by atoms with Gasteiger partial charge in [0.2, 0.25) is 0 Å². The number of halogens is 4. The van der Waals surface area contributed by atoms with Crippen molar-refractivity contribution < 1.29 is 34.0 Å². The number of amides is 1. The third-order valence-electron chi connectivity index (χ3n) is 7.54. The Bertz CT molecular complexity index is 1520. The van der Waals surface area contributed by atoms with Gasteiger partial charge in [-0.15, -0.1) is 5.10 Å². The van der Waals surface area contributed by atoms with Crippen molar-refractivity contribution in [2.24, 2.45) is 0 Å². The van der Waals surface area contributed by atoms with Crippen LogP contribution < -0.4 is 4.90 Å². The number of aromatic nitrogens is 3. The van der Waals surface area contributed by atoms with Crippen LogP contribution >= 0.6 is 39.1 Å². The number of methoxy groups -OCH3 is 1. The topological polar surface area (TPSA) is 154 Å². The zero-order valence-corrected chi connectivity index (χ0v) is 25.0. The molecule has 1 saturated carbocycles. The molecule has 2 fully saturated rings. The first-order valence-electron chi connectivity index (χ1n) is 12.8. The fourth-order valence-corrected chi connectivity index (χ4v) is 6.08. The Morgan fingerprint density at radius 3 is 2.64 bits per heavy atom. The van der Waals surface area contributed by atoms with E-state index in [-0.39, 0.29) is 26.9 Å². The maximum absolute atomic E-state index is 14.3. The zero-order valence-electron chi connectivity index (χ0n) is 21.9. The summed E-state index contributed by atoms with van der Waals surface area (Å²) in [6.45, 7) is -0.640. The summed E-state index contributed by atoms with van der Waals surface area (Å²) in [5.41, 5.74) is 1.10. The standard InChI is InChI=1S/C27H25BrCl2FN5O6/c1-41-25-23(35-10-18(33-34-35)13-6-16(29)22(30)17(31)7-13)24(39)21(11-37)42-26(25)27(40)36(19-2-3-20(19)38)15-5-12(9-32)4-14(28)8-15/h4-8,10,19-21,23-26,37-39H,2-3,11H2,1H3/t19-,20-,21+,23-,24-,25+,26+/m0/s1. The summed E-state index contributed by atoms with van der Waals surface area (Å²) < 4.78 is 27.7. The molecule has 2 aromatic carbocycles. The minimum atomic E-state index is -1.40. The number of nitrogens with zero attached hydrogens (tertiary/aromatic N) is 5. The van der Waals surface area contributed by atoms with Crippen LogP contribution in [0, 0.1) is 17.1 Å². The highest BCUT2D eigenvalue weighted by Crippen LogP contribution is 2.38. The van der Waals surface area contributed by atoms with Gasteiger partial charge < -0.3 is 29.7 Å². The average molecular weight is 685 g/mol. The monoisotopic (exact) mass is 683 g/mol. The van der Waals surface area contributed by atoms with Crippen LogP contribution in [0.3, 0.4) is 0 Å². The number of carbonyl (C=O) groups is 1. The Hall–Kier alpha value is -2.67. The lowest BCUT2D eigenvalue weighted by molar-refractivity contribution is -0.211. The fourth-order valence-electron chi connectivity index (χ4n) is 5.28. The smallest absolute Gasteiger partial charge is 0.259 e. The van der Waals surface area contributed by atoms with Crippen LogP contribution in [0.2, 0.25) is 10.0 Å². The number of aliphatic hydroxyl groups excluding tert-OH is 3. The Labute approximate surface area is 258 Å². The molecule has 2 aliphatic rings. The van der Waals surface area contributed by atoms with Gasteiger partial charge in [0.15, 0.2) is 6.10 Å². The van der Waals surface area contributed by atoms with Crippen molar-refractivity contribution >= 4 is 50.7 Å². The highest BCUT2D eigenvalue weighted by atomic mass is 79.9. The van der Waals surface area contributed by atoms with E-state index in [9.17, 15) is 29.8 Å². The Morgan fingerprint density at radius 1 is 1.29 bits per heavy atom. The van der Waals surface area contributed by atoms with E-state index in [0.29, 0.717) is 23.0 Å². The van der Waals surface area contributed by atoms with Gasteiger partial charge in [-0.05, 0) is 43.2 Å². The molecule has 0 bridgehead atoms. The number of benzene rings is 2. The molecule has 42 heavy (non-hydrogen) atoms. The normalized spacial score (nSPS) is 27.3. The van der Waals surface area contributed by atoms with Gasteiger partial charge in [0, 0.05) is 22.8 Å². The molecule has 3 aromatic rings. The van der Waals surface area contributed by atoms with Crippen molar-refractivity contribution in [1.82, 2.24) is 15.0 Å². The Balaban J connectivity index is 1.54. The summed E-state index contributed by atoms with van der Waals surface area (Å²) >= 11 is 15.2. The molecule has 1 amide bonds. The van der Waals surface area contributed by atoms with Gasteiger partial charge in [-0.2, -0.15) is 5.26 Å². The second-order valence-electron chi connectivity index (χ2n) is 10.0. The number of ether oxygens (including phenoxy) is 2. The van der Waals surface area contributed by atoms with Crippen molar-refractivity contribution in [3.63, 3.8) is 0 Å². The lowest BCUT2D eigenvalue weighted by Gasteiger charge is -2.47. The van der Waals surface area contributed by atoms with Crippen LogP contribution in [0.15, 0.2) is 41.0 Å². The minimum absolute atomic E-state index is 0.0292. The highest BCUT2D eigenvalue weighted by molar-refractivity contribution is 9.10. The maximum Gasteiger partial charge on any atom is 0.259 e. The fraction of sp³-hybridized carbons (Fsp3) is 0.407. The van der Waals surface area contributed by atoms with E-state index in [2.05, 4.69) is 32.3 Å². The summed E-state index contributed by atoms with van der Waals surface area (Å²) in [6.07, 6.45) is -3.59. The number of anilines is 1. The van der Waals surface area contributed by atoms with Gasteiger partial charge in [0.1, 0.15) is 35.9 Å². The number of hydrogen-bond acceptors (Lipinski definition) is 9. The summed E-state index contributed by atoms with van der Waals surface area (Å²) in [6, 6.07) is 7.66. The van der Waals surface area contributed by atoms with Crippen LogP contribution in [0.5, 0.6) is 0 Å².